The number of hydrogen-bond acceptors (Lipinski definition) is 4. The number of amides is 1. The monoisotopic (exact) mass is 239 g/mol. The summed E-state index contributed by atoms with van der Waals surface area (Å²) in [7, 11) is 0. The van der Waals surface area contributed by atoms with Gasteiger partial charge in [-0.2, -0.15) is 0 Å². The van der Waals surface area contributed by atoms with Crippen molar-refractivity contribution in [2.75, 3.05) is 13.1 Å². The smallest absolute Gasteiger partial charge is 0.273 e. The first kappa shape index (κ1) is 11.5. The molecule has 5 heteroatoms. The van der Waals surface area contributed by atoms with Crippen molar-refractivity contribution in [3.63, 3.8) is 0 Å². The quantitative estimate of drug-likeness (QED) is 0.802. The van der Waals surface area contributed by atoms with Gasteiger partial charge >= 0.3 is 0 Å². The molecular weight excluding hydrogens is 222 g/mol. The van der Waals surface area contributed by atoms with Gasteiger partial charge in [-0.15, -0.1) is 11.3 Å². The molecule has 1 aliphatic rings. The summed E-state index contributed by atoms with van der Waals surface area (Å²) in [6, 6.07) is 0.104. The molecule has 0 radical (unpaired) electrons. The molecule has 1 aliphatic heterocycles. The van der Waals surface area contributed by atoms with Gasteiger partial charge in [-0.1, -0.05) is 6.92 Å². The first-order valence-electron chi connectivity index (χ1n) is 5.53. The Balaban J connectivity index is 2.09. The van der Waals surface area contributed by atoms with Crippen LogP contribution < -0.4 is 5.73 Å². The Kier molecular flexibility index (Phi) is 3.25. The third-order valence-corrected chi connectivity index (χ3v) is 3.59. The highest BCUT2D eigenvalue weighted by molar-refractivity contribution is 7.09. The summed E-state index contributed by atoms with van der Waals surface area (Å²) < 4.78 is 0. The molecule has 4 nitrogen and oxygen atoms in total. The molecule has 0 aliphatic carbocycles. The molecular formula is C11H17N3OS. The maximum atomic E-state index is 12.1. The van der Waals surface area contributed by atoms with Crippen molar-refractivity contribution < 1.29 is 4.79 Å². The molecule has 16 heavy (non-hydrogen) atoms. The van der Waals surface area contributed by atoms with Crippen LogP contribution in [0.5, 0.6) is 0 Å². The van der Waals surface area contributed by atoms with Crippen molar-refractivity contribution in [1.82, 2.24) is 9.88 Å². The van der Waals surface area contributed by atoms with Crippen LogP contribution in [0.1, 0.15) is 28.8 Å². The standard InChI is InChI=1S/C11H17N3OS/c1-7-3-9(12)5-14(4-7)11(15)10-6-16-8(2)13-10/h6-7,9H,3-5,12H2,1-2H3. The molecule has 2 atom stereocenters. The van der Waals surface area contributed by atoms with Crippen LogP contribution >= 0.6 is 11.3 Å². The zero-order valence-electron chi connectivity index (χ0n) is 9.64. The zero-order valence-corrected chi connectivity index (χ0v) is 10.5. The summed E-state index contributed by atoms with van der Waals surface area (Å²) in [4.78, 5) is 18.2. The van der Waals surface area contributed by atoms with Gasteiger partial charge in [0.25, 0.3) is 5.91 Å². The van der Waals surface area contributed by atoms with Gasteiger partial charge in [0.05, 0.1) is 5.01 Å². The second-order valence-corrected chi connectivity index (χ2v) is 5.63. The van der Waals surface area contributed by atoms with Gasteiger partial charge in [0.2, 0.25) is 0 Å². The highest BCUT2D eigenvalue weighted by atomic mass is 32.1. The zero-order chi connectivity index (χ0) is 11.7. The van der Waals surface area contributed by atoms with E-state index in [0.29, 0.717) is 18.2 Å². The van der Waals surface area contributed by atoms with Crippen LogP contribution in [-0.4, -0.2) is 34.9 Å². The number of likely N-dealkylation sites (tertiary alicyclic amines) is 1. The van der Waals surface area contributed by atoms with E-state index in [1.54, 1.807) is 0 Å². The molecule has 0 spiro atoms. The van der Waals surface area contributed by atoms with Crippen molar-refractivity contribution in [2.24, 2.45) is 11.7 Å². The van der Waals surface area contributed by atoms with Gasteiger partial charge in [-0.25, -0.2) is 4.98 Å². The molecule has 0 aromatic carbocycles. The number of piperidine rings is 1. The number of thiazole rings is 1. The summed E-state index contributed by atoms with van der Waals surface area (Å²) >= 11 is 1.51. The van der Waals surface area contributed by atoms with E-state index < -0.39 is 0 Å². The number of hydrogen-bond donors (Lipinski definition) is 1. The summed E-state index contributed by atoms with van der Waals surface area (Å²) in [5.74, 6) is 0.499. The number of aryl methyl sites for hydroxylation is 1. The Morgan fingerprint density at radius 1 is 1.62 bits per heavy atom. The van der Waals surface area contributed by atoms with Gasteiger partial charge < -0.3 is 10.6 Å². The van der Waals surface area contributed by atoms with E-state index in [1.165, 1.54) is 11.3 Å². The number of rotatable bonds is 1. The summed E-state index contributed by atoms with van der Waals surface area (Å²) in [5.41, 5.74) is 6.48. The fraction of sp³-hybridized carbons (Fsp3) is 0.636. The third-order valence-electron chi connectivity index (χ3n) is 2.82. The molecule has 1 aromatic rings. The van der Waals surface area contributed by atoms with Crippen molar-refractivity contribution in [3.8, 4) is 0 Å². The van der Waals surface area contributed by atoms with E-state index in [9.17, 15) is 4.79 Å². The number of carbonyl (C=O) groups is 1. The average Bonchev–Trinajstić information content (AvgIpc) is 2.62. The normalized spacial score (nSPS) is 25.8. The van der Waals surface area contributed by atoms with E-state index in [0.717, 1.165) is 18.0 Å². The Hall–Kier alpha value is -0.940. The maximum absolute atomic E-state index is 12.1. The number of carbonyl (C=O) groups excluding carboxylic acids is 1. The predicted octanol–water partition coefficient (Wildman–Crippen LogP) is 1.26. The number of nitrogens with zero attached hydrogens (tertiary/aromatic N) is 2. The first-order valence-corrected chi connectivity index (χ1v) is 6.41. The lowest BCUT2D eigenvalue weighted by atomic mass is 9.96. The van der Waals surface area contributed by atoms with Gasteiger partial charge in [0.15, 0.2) is 0 Å². The molecule has 2 heterocycles. The lowest BCUT2D eigenvalue weighted by molar-refractivity contribution is 0.0655. The van der Waals surface area contributed by atoms with Gasteiger partial charge in [0, 0.05) is 24.5 Å². The topological polar surface area (TPSA) is 59.2 Å². The minimum Gasteiger partial charge on any atom is -0.335 e. The van der Waals surface area contributed by atoms with E-state index >= 15 is 0 Å². The summed E-state index contributed by atoms with van der Waals surface area (Å²) in [5, 5.41) is 2.75. The van der Waals surface area contributed by atoms with Crippen LogP contribution in [0.3, 0.4) is 0 Å². The van der Waals surface area contributed by atoms with E-state index in [1.807, 2.05) is 17.2 Å². The van der Waals surface area contributed by atoms with E-state index in [4.69, 9.17) is 5.73 Å². The van der Waals surface area contributed by atoms with Crippen LogP contribution in [0.15, 0.2) is 5.38 Å². The second-order valence-electron chi connectivity index (χ2n) is 4.56. The Labute approximate surface area is 99.5 Å². The SMILES string of the molecule is Cc1nc(C(=O)N2CC(C)CC(N)C2)cs1. The number of nitrogens with two attached hydrogens (primary N) is 1. The lowest BCUT2D eigenvalue weighted by Crippen LogP contribution is -2.48. The van der Waals surface area contributed by atoms with Crippen LogP contribution in [0.4, 0.5) is 0 Å². The molecule has 2 unspecified atom stereocenters. The summed E-state index contributed by atoms with van der Waals surface area (Å²) in [6.07, 6.45) is 1.000. The largest absolute Gasteiger partial charge is 0.335 e. The molecule has 0 bridgehead atoms. The van der Waals surface area contributed by atoms with Crippen molar-refractivity contribution in [2.45, 2.75) is 26.3 Å². The van der Waals surface area contributed by atoms with Crippen LogP contribution in [-0.2, 0) is 0 Å². The minimum absolute atomic E-state index is 0.0198. The predicted molar refractivity (Wildman–Crippen MR) is 64.5 cm³/mol. The fourth-order valence-corrected chi connectivity index (χ4v) is 2.78. The maximum Gasteiger partial charge on any atom is 0.273 e. The Morgan fingerprint density at radius 2 is 2.38 bits per heavy atom. The Bertz CT molecular complexity index is 380. The molecule has 1 fully saturated rings. The Morgan fingerprint density at radius 3 is 2.94 bits per heavy atom. The molecule has 1 aromatic heterocycles. The van der Waals surface area contributed by atoms with Gasteiger partial charge in [-0.05, 0) is 19.3 Å². The second kappa shape index (κ2) is 4.51. The van der Waals surface area contributed by atoms with Crippen molar-refractivity contribution in [3.05, 3.63) is 16.1 Å². The molecule has 1 amide bonds. The highest BCUT2D eigenvalue weighted by Crippen LogP contribution is 2.18. The van der Waals surface area contributed by atoms with Crippen LogP contribution in [0, 0.1) is 12.8 Å². The van der Waals surface area contributed by atoms with Crippen molar-refractivity contribution in [1.29, 1.82) is 0 Å². The number of aromatic nitrogens is 1. The first-order chi connectivity index (χ1) is 7.56. The van der Waals surface area contributed by atoms with Crippen LogP contribution in [0.2, 0.25) is 0 Å². The molecule has 2 rings (SSSR count). The highest BCUT2D eigenvalue weighted by Gasteiger charge is 2.27. The summed E-state index contributed by atoms with van der Waals surface area (Å²) in [6.45, 7) is 5.49. The molecule has 2 N–H and O–H groups in total. The van der Waals surface area contributed by atoms with E-state index in [2.05, 4.69) is 11.9 Å². The molecule has 0 saturated carbocycles. The molecule has 1 saturated heterocycles. The van der Waals surface area contributed by atoms with Crippen molar-refractivity contribution >= 4 is 17.2 Å². The lowest BCUT2D eigenvalue weighted by Gasteiger charge is -2.34. The van der Waals surface area contributed by atoms with Gasteiger partial charge in [0.1, 0.15) is 5.69 Å². The minimum atomic E-state index is 0.0198. The fourth-order valence-electron chi connectivity index (χ4n) is 2.19. The van der Waals surface area contributed by atoms with Gasteiger partial charge in [-0.3, -0.25) is 4.79 Å². The van der Waals surface area contributed by atoms with Crippen LogP contribution in [0.25, 0.3) is 0 Å². The average molecular weight is 239 g/mol. The van der Waals surface area contributed by atoms with E-state index in [-0.39, 0.29) is 11.9 Å². The molecule has 88 valence electrons. The third kappa shape index (κ3) is 2.41.